The Bertz CT molecular complexity index is 773. The lowest BCUT2D eigenvalue weighted by Gasteiger charge is -2.31. The zero-order valence-electron chi connectivity index (χ0n) is 15.7. The Kier molecular flexibility index (Phi) is 6.75. The Balaban J connectivity index is 1.68. The maximum Gasteiger partial charge on any atom is 0.244 e. The molecule has 1 N–H and O–H groups in total. The molecule has 1 aromatic carbocycles. The number of benzene rings is 1. The molecule has 2 saturated heterocycles. The number of sulfonamides is 1. The summed E-state index contributed by atoms with van der Waals surface area (Å²) in [5.41, 5.74) is 0.453. The van der Waals surface area contributed by atoms with Crippen LogP contribution >= 0.6 is 11.6 Å². The number of rotatable bonds is 5. The number of hydrogen-bond donors (Lipinski definition) is 1. The van der Waals surface area contributed by atoms with Gasteiger partial charge in [0.2, 0.25) is 15.9 Å². The third-order valence-corrected chi connectivity index (χ3v) is 7.49. The van der Waals surface area contributed by atoms with E-state index in [0.29, 0.717) is 25.3 Å². The summed E-state index contributed by atoms with van der Waals surface area (Å²) in [5, 5.41) is 2.99. The van der Waals surface area contributed by atoms with Gasteiger partial charge in [-0.2, -0.15) is 4.31 Å². The van der Waals surface area contributed by atoms with Gasteiger partial charge in [-0.15, -0.1) is 0 Å². The normalized spacial score (nSPS) is 20.5. The second-order valence-corrected chi connectivity index (χ2v) is 9.55. The van der Waals surface area contributed by atoms with E-state index in [0.717, 1.165) is 45.4 Å². The number of nitrogens with one attached hydrogen (secondary N) is 1. The molecule has 0 radical (unpaired) electrons. The van der Waals surface area contributed by atoms with Gasteiger partial charge in [0, 0.05) is 45.0 Å². The van der Waals surface area contributed by atoms with Crippen molar-refractivity contribution in [3.05, 3.63) is 23.2 Å². The van der Waals surface area contributed by atoms with Crippen LogP contribution in [0.1, 0.15) is 19.3 Å². The van der Waals surface area contributed by atoms with Gasteiger partial charge in [0.1, 0.15) is 4.90 Å². The highest BCUT2D eigenvalue weighted by Gasteiger charge is 2.28. The van der Waals surface area contributed by atoms with Crippen LogP contribution in [0.3, 0.4) is 0 Å². The van der Waals surface area contributed by atoms with E-state index in [1.807, 2.05) is 0 Å². The molecule has 2 heterocycles. The van der Waals surface area contributed by atoms with Crippen molar-refractivity contribution in [2.75, 3.05) is 58.2 Å². The topological polar surface area (TPSA) is 73.0 Å². The molecule has 2 fully saturated rings. The van der Waals surface area contributed by atoms with Crippen molar-refractivity contribution in [2.24, 2.45) is 0 Å². The predicted octanol–water partition coefficient (Wildman–Crippen LogP) is 1.70. The van der Waals surface area contributed by atoms with Crippen molar-refractivity contribution < 1.29 is 13.2 Å². The van der Waals surface area contributed by atoms with E-state index in [1.54, 1.807) is 6.07 Å². The second kappa shape index (κ2) is 8.87. The minimum atomic E-state index is -3.65. The summed E-state index contributed by atoms with van der Waals surface area (Å²) in [6, 6.07) is 4.64. The number of piperidine rings is 1. The van der Waals surface area contributed by atoms with Crippen LogP contribution in [0.25, 0.3) is 0 Å². The predicted molar refractivity (Wildman–Crippen MR) is 107 cm³/mol. The van der Waals surface area contributed by atoms with E-state index < -0.39 is 10.0 Å². The quantitative estimate of drug-likeness (QED) is 0.793. The summed E-state index contributed by atoms with van der Waals surface area (Å²) in [5.74, 6) is -0.150. The molecular formula is C18H27ClN4O3S. The first-order valence-corrected chi connectivity index (χ1v) is 11.2. The van der Waals surface area contributed by atoms with Gasteiger partial charge in [0.15, 0.2) is 0 Å². The lowest BCUT2D eigenvalue weighted by atomic mass is 10.2. The second-order valence-electron chi connectivity index (χ2n) is 7.24. The summed E-state index contributed by atoms with van der Waals surface area (Å²) in [4.78, 5) is 16.7. The van der Waals surface area contributed by atoms with Crippen LogP contribution in [0.4, 0.5) is 5.69 Å². The molecule has 27 heavy (non-hydrogen) atoms. The van der Waals surface area contributed by atoms with E-state index in [1.165, 1.54) is 16.4 Å². The zero-order valence-corrected chi connectivity index (χ0v) is 17.2. The lowest BCUT2D eigenvalue weighted by molar-refractivity contribution is -0.117. The van der Waals surface area contributed by atoms with Crippen LogP contribution in [0.2, 0.25) is 5.02 Å². The molecule has 0 spiro atoms. The van der Waals surface area contributed by atoms with Crippen molar-refractivity contribution in [3.63, 3.8) is 0 Å². The molecule has 3 rings (SSSR count). The first-order chi connectivity index (χ1) is 12.9. The smallest absolute Gasteiger partial charge is 0.244 e. The summed E-state index contributed by atoms with van der Waals surface area (Å²) in [7, 11) is -1.59. The molecule has 1 amide bonds. The number of likely N-dealkylation sites (N-methyl/N-ethyl adjacent to an activating group) is 1. The Hall–Kier alpha value is -1.19. The first kappa shape index (κ1) is 20.5. The van der Waals surface area contributed by atoms with Gasteiger partial charge in [0.05, 0.1) is 11.6 Å². The van der Waals surface area contributed by atoms with Crippen LogP contribution in [-0.4, -0.2) is 81.3 Å². The summed E-state index contributed by atoms with van der Waals surface area (Å²) < 4.78 is 27.3. The number of amides is 1. The third-order valence-electron chi connectivity index (χ3n) is 5.11. The number of hydrogen-bond acceptors (Lipinski definition) is 5. The highest BCUT2D eigenvalue weighted by Crippen LogP contribution is 2.29. The van der Waals surface area contributed by atoms with E-state index in [4.69, 9.17) is 11.6 Å². The van der Waals surface area contributed by atoms with Crippen molar-refractivity contribution >= 4 is 33.2 Å². The van der Waals surface area contributed by atoms with E-state index in [-0.39, 0.29) is 15.8 Å². The molecule has 150 valence electrons. The molecule has 7 nitrogen and oxygen atoms in total. The van der Waals surface area contributed by atoms with Gasteiger partial charge >= 0.3 is 0 Å². The van der Waals surface area contributed by atoms with Crippen molar-refractivity contribution in [2.45, 2.75) is 24.2 Å². The fraction of sp³-hybridized carbons (Fsp3) is 0.611. The van der Waals surface area contributed by atoms with E-state index in [9.17, 15) is 13.2 Å². The van der Waals surface area contributed by atoms with Gasteiger partial charge in [-0.25, -0.2) is 8.42 Å². The van der Waals surface area contributed by atoms with Crippen molar-refractivity contribution in [1.29, 1.82) is 0 Å². The van der Waals surface area contributed by atoms with Crippen LogP contribution in [0.5, 0.6) is 0 Å². The standard InChI is InChI=1S/C18H27ClN4O3S/c1-21-9-11-22(12-10-21)14-18(24)20-15-5-6-16(19)17(13-15)27(25,26)23-7-3-2-4-8-23/h5-6,13H,2-4,7-12,14H2,1H3,(H,20,24). The lowest BCUT2D eigenvalue weighted by Crippen LogP contribution is -2.47. The molecule has 0 aliphatic carbocycles. The third kappa shape index (κ3) is 5.20. The molecule has 0 atom stereocenters. The van der Waals surface area contributed by atoms with Crippen LogP contribution in [0.15, 0.2) is 23.1 Å². The Morgan fingerprint density at radius 2 is 1.74 bits per heavy atom. The van der Waals surface area contributed by atoms with Gasteiger partial charge in [-0.05, 0) is 38.1 Å². The average molecular weight is 415 g/mol. The minimum absolute atomic E-state index is 0.0588. The summed E-state index contributed by atoms with van der Waals surface area (Å²) >= 11 is 6.17. The fourth-order valence-corrected chi connectivity index (χ4v) is 5.45. The molecule has 0 bridgehead atoms. The molecule has 2 aliphatic rings. The van der Waals surface area contributed by atoms with Crippen molar-refractivity contribution in [1.82, 2.24) is 14.1 Å². The van der Waals surface area contributed by atoms with E-state index >= 15 is 0 Å². The Morgan fingerprint density at radius 3 is 2.41 bits per heavy atom. The fourth-order valence-electron chi connectivity index (χ4n) is 3.43. The minimum Gasteiger partial charge on any atom is -0.325 e. The number of carbonyl (C=O) groups excluding carboxylic acids is 1. The average Bonchev–Trinajstić information content (AvgIpc) is 2.66. The van der Waals surface area contributed by atoms with Crippen LogP contribution < -0.4 is 5.32 Å². The maximum absolute atomic E-state index is 12.9. The SMILES string of the molecule is CN1CCN(CC(=O)Nc2ccc(Cl)c(S(=O)(=O)N3CCCCC3)c2)CC1. The molecule has 2 aliphatic heterocycles. The summed E-state index contributed by atoms with van der Waals surface area (Å²) in [6.45, 7) is 4.89. The van der Waals surface area contributed by atoms with Gasteiger partial charge in [0.25, 0.3) is 0 Å². The molecule has 9 heteroatoms. The Morgan fingerprint density at radius 1 is 1.07 bits per heavy atom. The number of anilines is 1. The van der Waals surface area contributed by atoms with Gasteiger partial charge in [-0.1, -0.05) is 18.0 Å². The van der Waals surface area contributed by atoms with Gasteiger partial charge in [-0.3, -0.25) is 9.69 Å². The number of nitrogens with zero attached hydrogens (tertiary/aromatic N) is 3. The number of halogens is 1. The van der Waals surface area contributed by atoms with E-state index in [2.05, 4.69) is 22.2 Å². The van der Waals surface area contributed by atoms with Crippen molar-refractivity contribution in [3.8, 4) is 0 Å². The molecule has 0 aromatic heterocycles. The largest absolute Gasteiger partial charge is 0.325 e. The highest BCUT2D eigenvalue weighted by molar-refractivity contribution is 7.89. The van der Waals surface area contributed by atoms with Crippen LogP contribution in [0, 0.1) is 0 Å². The van der Waals surface area contributed by atoms with Crippen LogP contribution in [-0.2, 0) is 14.8 Å². The maximum atomic E-state index is 12.9. The molecule has 1 aromatic rings. The number of carbonyl (C=O) groups is 1. The molecule has 0 unspecified atom stereocenters. The Labute approximate surface area is 166 Å². The van der Waals surface area contributed by atoms with Gasteiger partial charge < -0.3 is 10.2 Å². The highest BCUT2D eigenvalue weighted by atomic mass is 35.5. The first-order valence-electron chi connectivity index (χ1n) is 9.37. The zero-order chi connectivity index (χ0) is 19.4. The molecule has 0 saturated carbocycles. The monoisotopic (exact) mass is 414 g/mol. The molecular weight excluding hydrogens is 388 g/mol. The number of piperazine rings is 1. The summed E-state index contributed by atoms with van der Waals surface area (Å²) in [6.07, 6.45) is 2.76.